The van der Waals surface area contributed by atoms with Crippen LogP contribution in [-0.2, 0) is 14.4 Å². The molecule has 7 heteroatoms. The van der Waals surface area contributed by atoms with Crippen LogP contribution < -0.4 is 0 Å². The molecule has 0 aromatic heterocycles. The maximum absolute atomic E-state index is 12.7. The van der Waals surface area contributed by atoms with Gasteiger partial charge in [0.1, 0.15) is 11.9 Å². The summed E-state index contributed by atoms with van der Waals surface area (Å²) >= 11 is 0. The third-order valence-corrected chi connectivity index (χ3v) is 2.19. The number of hydrogen-bond acceptors (Lipinski definition) is 6. The van der Waals surface area contributed by atoms with Crippen LogP contribution in [-0.4, -0.2) is 35.5 Å². The van der Waals surface area contributed by atoms with Crippen molar-refractivity contribution < 1.29 is 28.7 Å². The number of carbonyl (C=O) groups excluding carboxylic acids is 2. The Balaban J connectivity index is 2.79. The van der Waals surface area contributed by atoms with E-state index in [4.69, 9.17) is 0 Å². The van der Waals surface area contributed by atoms with Gasteiger partial charge in [-0.2, -0.15) is 0 Å². The van der Waals surface area contributed by atoms with Crippen LogP contribution in [0.4, 0.5) is 4.39 Å². The molecular formula is C13H14FNO5. The van der Waals surface area contributed by atoms with Gasteiger partial charge in [-0.05, 0) is 38.1 Å². The summed E-state index contributed by atoms with van der Waals surface area (Å²) in [6.07, 6.45) is -1.25. The molecule has 1 rings (SSSR count). The molecule has 0 fully saturated rings. The Labute approximate surface area is 114 Å². The Morgan fingerprint density at radius 1 is 1.35 bits per heavy atom. The molecule has 0 aliphatic rings. The van der Waals surface area contributed by atoms with E-state index in [1.54, 1.807) is 6.92 Å². The molecule has 1 aromatic rings. The van der Waals surface area contributed by atoms with Crippen LogP contribution in [0.1, 0.15) is 24.2 Å². The quantitative estimate of drug-likeness (QED) is 0.381. The van der Waals surface area contributed by atoms with Crippen molar-refractivity contribution in [2.45, 2.75) is 20.0 Å². The number of hydrogen-bond donors (Lipinski definition) is 1. The van der Waals surface area contributed by atoms with Crippen LogP contribution in [0.15, 0.2) is 29.4 Å². The third kappa shape index (κ3) is 4.43. The first-order valence-electron chi connectivity index (χ1n) is 5.85. The van der Waals surface area contributed by atoms with Crippen LogP contribution in [0.25, 0.3) is 0 Å². The summed E-state index contributed by atoms with van der Waals surface area (Å²) < 4.78 is 17.3. The second-order valence-corrected chi connectivity index (χ2v) is 3.76. The minimum absolute atomic E-state index is 0.0592. The zero-order valence-electron chi connectivity index (χ0n) is 11.0. The predicted octanol–water partition coefficient (Wildman–Crippen LogP) is 1.28. The Morgan fingerprint density at radius 3 is 2.45 bits per heavy atom. The summed E-state index contributed by atoms with van der Waals surface area (Å²) in [4.78, 5) is 27.5. The van der Waals surface area contributed by atoms with E-state index >= 15 is 0 Å². The minimum Gasteiger partial charge on any atom is -0.461 e. The van der Waals surface area contributed by atoms with Crippen LogP contribution >= 0.6 is 0 Å². The Hall–Kier alpha value is -2.28. The molecule has 0 saturated carbocycles. The molecule has 0 aliphatic carbocycles. The summed E-state index contributed by atoms with van der Waals surface area (Å²) in [6, 6.07) is 4.58. The Kier molecular flexibility index (Phi) is 5.79. The van der Waals surface area contributed by atoms with Crippen molar-refractivity contribution in [3.63, 3.8) is 0 Å². The van der Waals surface area contributed by atoms with Gasteiger partial charge in [0.2, 0.25) is 0 Å². The summed E-state index contributed by atoms with van der Waals surface area (Å²) in [7, 11) is 0. The van der Waals surface area contributed by atoms with Gasteiger partial charge >= 0.3 is 11.9 Å². The molecule has 0 radical (unpaired) electrons. The van der Waals surface area contributed by atoms with E-state index in [0.717, 1.165) is 12.1 Å². The molecule has 20 heavy (non-hydrogen) atoms. The fourth-order valence-corrected chi connectivity index (χ4v) is 1.22. The highest BCUT2D eigenvalue weighted by molar-refractivity contribution is 6.38. The number of aliphatic hydroxyl groups excluding tert-OH is 1. The number of rotatable bonds is 5. The number of oxime groups is 1. The molecule has 0 heterocycles. The summed E-state index contributed by atoms with van der Waals surface area (Å²) in [5, 5.41) is 12.6. The summed E-state index contributed by atoms with van der Waals surface area (Å²) in [5.41, 5.74) is -0.369. The molecule has 1 unspecified atom stereocenters. The first-order chi connectivity index (χ1) is 9.45. The van der Waals surface area contributed by atoms with Crippen LogP contribution in [0.5, 0.6) is 0 Å². The second-order valence-electron chi connectivity index (χ2n) is 3.76. The molecule has 1 atom stereocenters. The average Bonchev–Trinajstić information content (AvgIpc) is 2.39. The van der Waals surface area contributed by atoms with Crippen molar-refractivity contribution in [2.75, 3.05) is 6.61 Å². The summed E-state index contributed by atoms with van der Waals surface area (Å²) in [5.74, 6) is -2.26. The SMILES string of the molecule is CCOC(=O)C(=NOC(=O)c1ccc(F)cc1)C(C)O. The smallest absolute Gasteiger partial charge is 0.365 e. The van der Waals surface area contributed by atoms with Gasteiger partial charge in [0.25, 0.3) is 0 Å². The van der Waals surface area contributed by atoms with Crippen molar-refractivity contribution in [1.29, 1.82) is 0 Å². The number of aliphatic hydroxyl groups is 1. The zero-order chi connectivity index (χ0) is 15.1. The first-order valence-corrected chi connectivity index (χ1v) is 5.85. The number of esters is 1. The maximum atomic E-state index is 12.7. The molecule has 0 saturated heterocycles. The van der Waals surface area contributed by atoms with E-state index in [9.17, 15) is 19.1 Å². The maximum Gasteiger partial charge on any atom is 0.365 e. The molecule has 0 amide bonds. The summed E-state index contributed by atoms with van der Waals surface area (Å²) in [6.45, 7) is 2.96. The fraction of sp³-hybridized carbons (Fsp3) is 0.308. The molecule has 0 aliphatic heterocycles. The molecule has 6 nitrogen and oxygen atoms in total. The van der Waals surface area contributed by atoms with Gasteiger partial charge in [-0.1, -0.05) is 5.16 Å². The van der Waals surface area contributed by atoms with Gasteiger partial charge < -0.3 is 14.7 Å². The van der Waals surface area contributed by atoms with Gasteiger partial charge in [0.15, 0.2) is 5.71 Å². The minimum atomic E-state index is -1.25. The van der Waals surface area contributed by atoms with Gasteiger partial charge in [0, 0.05) is 0 Å². The van der Waals surface area contributed by atoms with Crippen molar-refractivity contribution in [2.24, 2.45) is 5.16 Å². The predicted molar refractivity (Wildman–Crippen MR) is 67.6 cm³/mol. The normalized spacial score (nSPS) is 12.7. The van der Waals surface area contributed by atoms with Crippen molar-refractivity contribution in [3.05, 3.63) is 35.6 Å². The van der Waals surface area contributed by atoms with Gasteiger partial charge in [-0.25, -0.2) is 14.0 Å². The number of carbonyl (C=O) groups is 2. The van der Waals surface area contributed by atoms with E-state index in [1.165, 1.54) is 19.1 Å². The van der Waals surface area contributed by atoms with Crippen LogP contribution in [0.2, 0.25) is 0 Å². The Bertz CT molecular complexity index is 510. The third-order valence-electron chi connectivity index (χ3n) is 2.19. The first kappa shape index (κ1) is 15.8. The van der Waals surface area contributed by atoms with E-state index in [0.29, 0.717) is 0 Å². The molecular weight excluding hydrogens is 269 g/mol. The lowest BCUT2D eigenvalue weighted by molar-refractivity contribution is -0.135. The van der Waals surface area contributed by atoms with E-state index in [1.807, 2.05) is 0 Å². The van der Waals surface area contributed by atoms with Gasteiger partial charge in [-0.3, -0.25) is 0 Å². The highest BCUT2D eigenvalue weighted by Gasteiger charge is 2.20. The number of ether oxygens (including phenoxy) is 1. The zero-order valence-corrected chi connectivity index (χ0v) is 11.0. The number of halogens is 1. The van der Waals surface area contributed by atoms with Crippen LogP contribution in [0, 0.1) is 5.82 Å². The van der Waals surface area contributed by atoms with E-state index in [-0.39, 0.29) is 12.2 Å². The van der Waals surface area contributed by atoms with Crippen molar-refractivity contribution in [1.82, 2.24) is 0 Å². The lowest BCUT2D eigenvalue weighted by atomic mass is 10.2. The molecule has 0 bridgehead atoms. The van der Waals surface area contributed by atoms with Crippen molar-refractivity contribution >= 4 is 17.7 Å². The van der Waals surface area contributed by atoms with Crippen LogP contribution in [0.3, 0.4) is 0 Å². The van der Waals surface area contributed by atoms with E-state index in [2.05, 4.69) is 14.7 Å². The lowest BCUT2D eigenvalue weighted by Gasteiger charge is -2.07. The van der Waals surface area contributed by atoms with Crippen molar-refractivity contribution in [3.8, 4) is 0 Å². The highest BCUT2D eigenvalue weighted by atomic mass is 19.1. The molecule has 1 N–H and O–H groups in total. The average molecular weight is 283 g/mol. The lowest BCUT2D eigenvalue weighted by Crippen LogP contribution is -2.28. The highest BCUT2D eigenvalue weighted by Crippen LogP contribution is 2.05. The largest absolute Gasteiger partial charge is 0.461 e. The number of benzene rings is 1. The molecule has 0 spiro atoms. The van der Waals surface area contributed by atoms with E-state index < -0.39 is 29.6 Å². The topological polar surface area (TPSA) is 85.2 Å². The molecule has 1 aromatic carbocycles. The van der Waals surface area contributed by atoms with Gasteiger partial charge in [0.05, 0.1) is 12.2 Å². The van der Waals surface area contributed by atoms with Gasteiger partial charge in [-0.15, -0.1) is 0 Å². The fourth-order valence-electron chi connectivity index (χ4n) is 1.22. The monoisotopic (exact) mass is 283 g/mol. The number of nitrogens with zero attached hydrogens (tertiary/aromatic N) is 1. The second kappa shape index (κ2) is 7.34. The molecule has 108 valence electrons. The standard InChI is InChI=1S/C13H14FNO5/c1-3-19-13(18)11(8(2)16)15-20-12(17)9-4-6-10(14)7-5-9/h4-8,16H,3H2,1-2H3. The Morgan fingerprint density at radius 2 is 1.95 bits per heavy atom.